The van der Waals surface area contributed by atoms with Gasteiger partial charge in [0.15, 0.2) is 0 Å². The molecule has 6 nitrogen and oxygen atoms in total. The Morgan fingerprint density at radius 3 is 2.78 bits per heavy atom. The number of halogens is 1. The molecule has 1 unspecified atom stereocenters. The summed E-state index contributed by atoms with van der Waals surface area (Å²) in [6.07, 6.45) is 3.04. The first kappa shape index (κ1) is 23.8. The number of hydrogen-bond donors (Lipinski definition) is 1. The van der Waals surface area contributed by atoms with Crippen molar-refractivity contribution < 1.29 is 13.9 Å². The molecule has 2 aliphatic heterocycles. The molecule has 6 rings (SSSR count). The minimum atomic E-state index is -0.359. The van der Waals surface area contributed by atoms with Crippen LogP contribution in [0, 0.1) is 12.7 Å². The van der Waals surface area contributed by atoms with Gasteiger partial charge in [-0.3, -0.25) is 0 Å². The van der Waals surface area contributed by atoms with Gasteiger partial charge in [-0.15, -0.1) is 11.3 Å². The standard InChI is InChI=1S/C29H29FN4O2S/c1-18-9-10-20(15-24(18)30)31-29(35)34-16-23-22-11-13-32(2)17-26(22)37-28(23)33-12-5-8-25(33)27(34)19-6-4-7-21(14-19)36-3/h4-10,12,14-15,27H,11,13,16-17H2,1-3H3,(H,31,35). The van der Waals surface area contributed by atoms with E-state index in [0.29, 0.717) is 17.8 Å². The fourth-order valence-electron chi connectivity index (χ4n) is 5.38. The van der Waals surface area contributed by atoms with E-state index in [0.717, 1.165) is 36.5 Å². The minimum absolute atomic E-state index is 0.274. The zero-order chi connectivity index (χ0) is 25.7. The van der Waals surface area contributed by atoms with E-state index < -0.39 is 0 Å². The summed E-state index contributed by atoms with van der Waals surface area (Å²) in [4.78, 5) is 19.6. The van der Waals surface area contributed by atoms with Crippen molar-refractivity contribution in [3.8, 4) is 10.8 Å². The van der Waals surface area contributed by atoms with Gasteiger partial charge >= 0.3 is 6.03 Å². The average Bonchev–Trinajstić information content (AvgIpc) is 3.47. The summed E-state index contributed by atoms with van der Waals surface area (Å²) in [6.45, 7) is 4.07. The molecule has 0 fully saturated rings. The first-order valence-corrected chi connectivity index (χ1v) is 13.2. The highest BCUT2D eigenvalue weighted by atomic mass is 32.1. The van der Waals surface area contributed by atoms with Crippen molar-refractivity contribution in [3.63, 3.8) is 0 Å². The number of aryl methyl sites for hydroxylation is 1. The molecule has 2 aliphatic rings. The van der Waals surface area contributed by atoms with Gasteiger partial charge in [0, 0.05) is 35.4 Å². The van der Waals surface area contributed by atoms with Crippen LogP contribution in [0.5, 0.6) is 5.75 Å². The minimum Gasteiger partial charge on any atom is -0.497 e. The van der Waals surface area contributed by atoms with E-state index in [1.54, 1.807) is 26.2 Å². The number of nitrogens with one attached hydrogen (secondary N) is 1. The van der Waals surface area contributed by atoms with E-state index in [-0.39, 0.29) is 17.9 Å². The van der Waals surface area contributed by atoms with Gasteiger partial charge in [-0.2, -0.15) is 0 Å². The molecule has 4 heterocycles. The van der Waals surface area contributed by atoms with Gasteiger partial charge in [-0.1, -0.05) is 18.2 Å². The molecule has 2 amide bonds. The van der Waals surface area contributed by atoms with Crippen molar-refractivity contribution in [2.75, 3.05) is 26.0 Å². The number of likely N-dealkylation sites (N-methyl/N-ethyl adjacent to an activating group) is 1. The molecule has 0 radical (unpaired) electrons. The van der Waals surface area contributed by atoms with Crippen molar-refractivity contribution in [3.05, 3.63) is 99.4 Å². The lowest BCUT2D eigenvalue weighted by Gasteiger charge is -2.32. The fourth-order valence-corrected chi connectivity index (χ4v) is 6.82. The predicted octanol–water partition coefficient (Wildman–Crippen LogP) is 6.12. The highest BCUT2D eigenvalue weighted by Gasteiger charge is 2.36. The van der Waals surface area contributed by atoms with Crippen molar-refractivity contribution >= 4 is 23.1 Å². The Morgan fingerprint density at radius 2 is 1.97 bits per heavy atom. The number of methoxy groups -OCH3 is 1. The number of fused-ring (bicyclic) bond motifs is 5. The van der Waals surface area contributed by atoms with Crippen molar-refractivity contribution in [2.24, 2.45) is 0 Å². The lowest BCUT2D eigenvalue weighted by atomic mass is 10.00. The number of aromatic nitrogens is 1. The number of urea groups is 1. The smallest absolute Gasteiger partial charge is 0.322 e. The van der Waals surface area contributed by atoms with Crippen LogP contribution in [-0.2, 0) is 19.5 Å². The number of amides is 2. The molecule has 1 atom stereocenters. The van der Waals surface area contributed by atoms with E-state index in [2.05, 4.69) is 34.1 Å². The van der Waals surface area contributed by atoms with Gasteiger partial charge in [-0.25, -0.2) is 9.18 Å². The Balaban J connectivity index is 1.49. The molecule has 1 N–H and O–H groups in total. The first-order chi connectivity index (χ1) is 17.9. The highest BCUT2D eigenvalue weighted by molar-refractivity contribution is 7.15. The Labute approximate surface area is 219 Å². The Hall–Kier alpha value is -3.62. The quantitative estimate of drug-likeness (QED) is 0.357. The van der Waals surface area contributed by atoms with Crippen LogP contribution in [0.4, 0.5) is 14.9 Å². The number of carbonyl (C=O) groups is 1. The van der Waals surface area contributed by atoms with Crippen LogP contribution in [0.15, 0.2) is 60.8 Å². The number of thiophene rings is 1. The lowest BCUT2D eigenvalue weighted by molar-refractivity contribution is 0.194. The third-order valence-corrected chi connectivity index (χ3v) is 8.61. The van der Waals surface area contributed by atoms with Crippen LogP contribution in [0.1, 0.15) is 38.9 Å². The molecule has 4 aromatic rings. The summed E-state index contributed by atoms with van der Waals surface area (Å²) in [5.41, 5.74) is 5.48. The van der Waals surface area contributed by atoms with E-state index in [1.807, 2.05) is 46.6 Å². The largest absolute Gasteiger partial charge is 0.497 e. The second-order valence-corrected chi connectivity index (χ2v) is 10.9. The molecular formula is C29H29FN4O2S. The van der Waals surface area contributed by atoms with Gasteiger partial charge in [0.05, 0.1) is 25.4 Å². The van der Waals surface area contributed by atoms with Crippen molar-refractivity contribution in [1.29, 1.82) is 0 Å². The van der Waals surface area contributed by atoms with Gasteiger partial charge in [0.2, 0.25) is 0 Å². The van der Waals surface area contributed by atoms with Crippen LogP contribution in [0.3, 0.4) is 0 Å². The Kier molecular flexibility index (Phi) is 6.01. The summed E-state index contributed by atoms with van der Waals surface area (Å²) < 4.78 is 22.1. The molecule has 37 heavy (non-hydrogen) atoms. The summed E-state index contributed by atoms with van der Waals surface area (Å²) in [5, 5.41) is 4.14. The molecule has 0 saturated heterocycles. The lowest BCUT2D eigenvalue weighted by Crippen LogP contribution is -2.38. The number of nitrogens with zero attached hydrogens (tertiary/aromatic N) is 3. The number of anilines is 1. The topological polar surface area (TPSA) is 49.7 Å². The molecule has 0 bridgehead atoms. The zero-order valence-corrected chi connectivity index (χ0v) is 21.9. The fraction of sp³-hybridized carbons (Fsp3) is 0.276. The van der Waals surface area contributed by atoms with E-state index >= 15 is 0 Å². The predicted molar refractivity (Wildman–Crippen MR) is 144 cm³/mol. The zero-order valence-electron chi connectivity index (χ0n) is 21.1. The van der Waals surface area contributed by atoms with E-state index in [4.69, 9.17) is 4.74 Å². The third kappa shape index (κ3) is 4.20. The van der Waals surface area contributed by atoms with Gasteiger partial charge < -0.3 is 24.4 Å². The van der Waals surface area contributed by atoms with Gasteiger partial charge in [0.1, 0.15) is 16.6 Å². The maximum atomic E-state index is 14.3. The van der Waals surface area contributed by atoms with Crippen LogP contribution in [-0.4, -0.2) is 41.1 Å². The summed E-state index contributed by atoms with van der Waals surface area (Å²) >= 11 is 1.82. The summed E-state index contributed by atoms with van der Waals surface area (Å²) in [5.74, 6) is 0.390. The molecule has 0 aliphatic carbocycles. The van der Waals surface area contributed by atoms with E-state index in [1.165, 1.54) is 27.1 Å². The van der Waals surface area contributed by atoms with Gasteiger partial charge in [-0.05, 0) is 73.5 Å². The van der Waals surface area contributed by atoms with Crippen molar-refractivity contribution in [2.45, 2.75) is 32.5 Å². The van der Waals surface area contributed by atoms with Crippen LogP contribution < -0.4 is 10.1 Å². The summed E-state index contributed by atoms with van der Waals surface area (Å²) in [7, 11) is 3.79. The SMILES string of the molecule is COc1cccc(C2c3cccn3-c3sc4c(c3CN2C(=O)Nc2ccc(C)c(F)c2)CCN(C)C4)c1. The average molecular weight is 517 g/mol. The van der Waals surface area contributed by atoms with Crippen molar-refractivity contribution in [1.82, 2.24) is 14.4 Å². The third-order valence-electron chi connectivity index (χ3n) is 7.35. The number of carbonyl (C=O) groups excluding carboxylic acids is 1. The second kappa shape index (κ2) is 9.36. The number of hydrogen-bond acceptors (Lipinski definition) is 4. The maximum Gasteiger partial charge on any atom is 0.322 e. The molecule has 0 spiro atoms. The number of benzene rings is 2. The monoisotopic (exact) mass is 516 g/mol. The highest BCUT2D eigenvalue weighted by Crippen LogP contribution is 2.44. The van der Waals surface area contributed by atoms with Crippen LogP contribution >= 0.6 is 11.3 Å². The van der Waals surface area contributed by atoms with Crippen LogP contribution in [0.2, 0.25) is 0 Å². The normalized spacial score (nSPS) is 17.0. The molecular weight excluding hydrogens is 487 g/mol. The molecule has 8 heteroatoms. The summed E-state index contributed by atoms with van der Waals surface area (Å²) in [6, 6.07) is 16.1. The number of ether oxygens (including phenoxy) is 1. The van der Waals surface area contributed by atoms with Crippen LogP contribution in [0.25, 0.3) is 5.00 Å². The first-order valence-electron chi connectivity index (χ1n) is 12.4. The molecule has 0 saturated carbocycles. The van der Waals surface area contributed by atoms with Gasteiger partial charge in [0.25, 0.3) is 0 Å². The molecule has 190 valence electrons. The Bertz CT molecular complexity index is 1490. The molecule has 2 aromatic carbocycles. The van der Waals surface area contributed by atoms with E-state index in [9.17, 15) is 9.18 Å². The maximum absolute atomic E-state index is 14.3. The second-order valence-electron chi connectivity index (χ2n) is 9.78. The Morgan fingerprint density at radius 1 is 1.11 bits per heavy atom. The molecule has 2 aromatic heterocycles. The number of rotatable bonds is 3.